The van der Waals surface area contributed by atoms with Gasteiger partial charge in [-0.05, 0) is 5.56 Å². The standard InChI is InChI=1S/C18H17NO/c1-3-17(20)16-12-19(2)18-14(10-7-11-15(16)18)13-8-5-4-6-9-13/h4-12H,3H2,1-2H3. The smallest absolute Gasteiger partial charge is 0.164 e. The Morgan fingerprint density at radius 1 is 1.05 bits per heavy atom. The first-order valence-corrected chi connectivity index (χ1v) is 6.89. The van der Waals surface area contributed by atoms with Crippen LogP contribution in [0.2, 0.25) is 0 Å². The Kier molecular flexibility index (Phi) is 3.15. The third-order valence-electron chi connectivity index (χ3n) is 3.71. The number of benzene rings is 2. The third kappa shape index (κ3) is 1.94. The molecular weight excluding hydrogens is 246 g/mol. The Labute approximate surface area is 118 Å². The fraction of sp³-hybridized carbons (Fsp3) is 0.167. The van der Waals surface area contributed by atoms with Crippen LogP contribution in [0, 0.1) is 0 Å². The molecule has 3 aromatic rings. The zero-order valence-corrected chi connectivity index (χ0v) is 11.8. The minimum Gasteiger partial charge on any atom is -0.349 e. The lowest BCUT2D eigenvalue weighted by molar-refractivity contribution is 0.0989. The molecule has 0 N–H and O–H groups in total. The van der Waals surface area contributed by atoms with Crippen molar-refractivity contribution in [3.63, 3.8) is 0 Å². The molecule has 2 aromatic carbocycles. The lowest BCUT2D eigenvalue weighted by Gasteiger charge is -2.06. The SMILES string of the molecule is CCC(=O)c1cn(C)c2c(-c3ccccc3)cccc12. The van der Waals surface area contributed by atoms with Crippen LogP contribution in [-0.2, 0) is 7.05 Å². The summed E-state index contributed by atoms with van der Waals surface area (Å²) in [6.45, 7) is 1.90. The van der Waals surface area contributed by atoms with E-state index in [2.05, 4.69) is 22.8 Å². The molecular formula is C18H17NO. The molecule has 100 valence electrons. The lowest BCUT2D eigenvalue weighted by Crippen LogP contribution is -1.94. The Hall–Kier alpha value is -2.35. The molecule has 2 heteroatoms. The van der Waals surface area contributed by atoms with Crippen LogP contribution in [-0.4, -0.2) is 10.4 Å². The van der Waals surface area contributed by atoms with E-state index >= 15 is 0 Å². The maximum atomic E-state index is 12.1. The third-order valence-corrected chi connectivity index (χ3v) is 3.71. The molecule has 0 aliphatic heterocycles. The number of para-hydroxylation sites is 1. The normalized spacial score (nSPS) is 10.9. The van der Waals surface area contributed by atoms with Crippen LogP contribution in [0.5, 0.6) is 0 Å². The minimum atomic E-state index is 0.195. The summed E-state index contributed by atoms with van der Waals surface area (Å²) >= 11 is 0. The highest BCUT2D eigenvalue weighted by Crippen LogP contribution is 2.31. The lowest BCUT2D eigenvalue weighted by atomic mass is 10.0. The van der Waals surface area contributed by atoms with Crippen LogP contribution in [0.15, 0.2) is 54.7 Å². The van der Waals surface area contributed by atoms with Gasteiger partial charge in [-0.1, -0.05) is 55.5 Å². The van der Waals surface area contributed by atoms with Gasteiger partial charge in [0.1, 0.15) is 0 Å². The van der Waals surface area contributed by atoms with Crippen LogP contribution in [0.3, 0.4) is 0 Å². The summed E-state index contributed by atoms with van der Waals surface area (Å²) in [5.74, 6) is 0.195. The van der Waals surface area contributed by atoms with Crippen molar-refractivity contribution >= 4 is 16.7 Å². The maximum absolute atomic E-state index is 12.1. The summed E-state index contributed by atoms with van der Waals surface area (Å²) < 4.78 is 2.06. The number of nitrogens with zero attached hydrogens (tertiary/aromatic N) is 1. The number of rotatable bonds is 3. The van der Waals surface area contributed by atoms with Crippen molar-refractivity contribution in [1.29, 1.82) is 0 Å². The van der Waals surface area contributed by atoms with Crippen molar-refractivity contribution < 1.29 is 4.79 Å². The average molecular weight is 263 g/mol. The number of Topliss-reactive ketones (excluding diaryl/α,β-unsaturated/α-hetero) is 1. The van der Waals surface area contributed by atoms with E-state index in [0.29, 0.717) is 6.42 Å². The fourth-order valence-electron chi connectivity index (χ4n) is 2.73. The van der Waals surface area contributed by atoms with Gasteiger partial charge < -0.3 is 4.57 Å². The van der Waals surface area contributed by atoms with Crippen molar-refractivity contribution in [3.05, 3.63) is 60.3 Å². The monoisotopic (exact) mass is 263 g/mol. The Morgan fingerprint density at radius 3 is 2.50 bits per heavy atom. The van der Waals surface area contributed by atoms with Crippen LogP contribution >= 0.6 is 0 Å². The molecule has 0 spiro atoms. The minimum absolute atomic E-state index is 0.195. The van der Waals surface area contributed by atoms with Crippen molar-refractivity contribution in [2.75, 3.05) is 0 Å². The van der Waals surface area contributed by atoms with Crippen molar-refractivity contribution in [3.8, 4) is 11.1 Å². The van der Waals surface area contributed by atoms with Gasteiger partial charge in [0.15, 0.2) is 5.78 Å². The van der Waals surface area contributed by atoms with Crippen LogP contribution in [0.4, 0.5) is 0 Å². The van der Waals surface area contributed by atoms with E-state index in [1.807, 2.05) is 50.5 Å². The second-order valence-electron chi connectivity index (χ2n) is 5.00. The summed E-state index contributed by atoms with van der Waals surface area (Å²) in [6.07, 6.45) is 2.48. The number of hydrogen-bond donors (Lipinski definition) is 0. The van der Waals surface area contributed by atoms with Gasteiger partial charge in [-0.2, -0.15) is 0 Å². The molecule has 0 bridgehead atoms. The van der Waals surface area contributed by atoms with E-state index in [4.69, 9.17) is 0 Å². The first-order chi connectivity index (χ1) is 9.72. The van der Waals surface area contributed by atoms with E-state index in [1.54, 1.807) is 0 Å². The van der Waals surface area contributed by atoms with Crippen LogP contribution in [0.25, 0.3) is 22.0 Å². The van der Waals surface area contributed by atoms with E-state index < -0.39 is 0 Å². The van der Waals surface area contributed by atoms with Gasteiger partial charge in [0, 0.05) is 36.2 Å². The summed E-state index contributed by atoms with van der Waals surface area (Å²) in [7, 11) is 2.00. The molecule has 0 fully saturated rings. The molecule has 1 aromatic heterocycles. The Bertz CT molecular complexity index is 769. The van der Waals surface area contributed by atoms with Crippen molar-refractivity contribution in [1.82, 2.24) is 4.57 Å². The molecule has 3 rings (SSSR count). The molecule has 2 nitrogen and oxygen atoms in total. The highest BCUT2D eigenvalue weighted by atomic mass is 16.1. The molecule has 0 radical (unpaired) electrons. The number of fused-ring (bicyclic) bond motifs is 1. The maximum Gasteiger partial charge on any atom is 0.164 e. The quantitative estimate of drug-likeness (QED) is 0.640. The summed E-state index contributed by atoms with van der Waals surface area (Å²) in [4.78, 5) is 12.1. The number of carbonyl (C=O) groups excluding carboxylic acids is 1. The number of hydrogen-bond acceptors (Lipinski definition) is 1. The Balaban J connectivity index is 2.31. The molecule has 0 atom stereocenters. The predicted octanol–water partition coefficient (Wildman–Crippen LogP) is 4.44. The summed E-state index contributed by atoms with van der Waals surface area (Å²) in [5, 5.41) is 1.04. The van der Waals surface area contributed by atoms with E-state index in [0.717, 1.165) is 16.5 Å². The number of aryl methyl sites for hydroxylation is 1. The zero-order chi connectivity index (χ0) is 14.1. The largest absolute Gasteiger partial charge is 0.349 e. The van der Waals surface area contributed by atoms with Gasteiger partial charge in [-0.15, -0.1) is 0 Å². The van der Waals surface area contributed by atoms with Crippen molar-refractivity contribution in [2.24, 2.45) is 7.05 Å². The zero-order valence-electron chi connectivity index (χ0n) is 11.8. The summed E-state index contributed by atoms with van der Waals surface area (Å²) in [5.41, 5.74) is 4.29. The van der Waals surface area contributed by atoms with Gasteiger partial charge >= 0.3 is 0 Å². The molecule has 0 aliphatic carbocycles. The first-order valence-electron chi connectivity index (χ1n) is 6.89. The van der Waals surface area contributed by atoms with E-state index in [1.165, 1.54) is 11.1 Å². The topological polar surface area (TPSA) is 22.0 Å². The number of ketones is 1. The highest BCUT2D eigenvalue weighted by Gasteiger charge is 2.15. The molecule has 0 saturated carbocycles. The highest BCUT2D eigenvalue weighted by molar-refractivity contribution is 6.10. The number of carbonyl (C=O) groups is 1. The van der Waals surface area contributed by atoms with E-state index in [-0.39, 0.29) is 5.78 Å². The van der Waals surface area contributed by atoms with Crippen LogP contribution < -0.4 is 0 Å². The van der Waals surface area contributed by atoms with Gasteiger partial charge in [0.2, 0.25) is 0 Å². The van der Waals surface area contributed by atoms with Crippen LogP contribution in [0.1, 0.15) is 23.7 Å². The van der Waals surface area contributed by atoms with Gasteiger partial charge in [-0.25, -0.2) is 0 Å². The molecule has 20 heavy (non-hydrogen) atoms. The molecule has 0 unspecified atom stereocenters. The Morgan fingerprint density at radius 2 is 1.80 bits per heavy atom. The molecule has 1 heterocycles. The second kappa shape index (κ2) is 4.97. The predicted molar refractivity (Wildman–Crippen MR) is 83.0 cm³/mol. The summed E-state index contributed by atoms with van der Waals surface area (Å²) in [6, 6.07) is 16.5. The average Bonchev–Trinajstić information content (AvgIpc) is 2.85. The van der Waals surface area contributed by atoms with Gasteiger partial charge in [0.05, 0.1) is 5.52 Å². The van der Waals surface area contributed by atoms with Crippen molar-refractivity contribution in [2.45, 2.75) is 13.3 Å². The molecule has 0 amide bonds. The molecule has 0 saturated heterocycles. The van der Waals surface area contributed by atoms with Gasteiger partial charge in [0.25, 0.3) is 0 Å². The first kappa shape index (κ1) is 12.7. The van der Waals surface area contributed by atoms with Gasteiger partial charge in [-0.3, -0.25) is 4.79 Å². The second-order valence-corrected chi connectivity index (χ2v) is 5.00. The fourth-order valence-corrected chi connectivity index (χ4v) is 2.73. The van der Waals surface area contributed by atoms with E-state index in [9.17, 15) is 4.79 Å². The number of aromatic nitrogens is 1. The molecule has 0 aliphatic rings.